The normalized spacial score (nSPS) is 20.1. The summed E-state index contributed by atoms with van der Waals surface area (Å²) >= 11 is 3.29. The number of nitrogens with two attached hydrogens (primary N) is 1. The van der Waals surface area contributed by atoms with Gasteiger partial charge in [0.1, 0.15) is 0 Å². The number of likely N-dealkylation sites (tertiary alicyclic amines) is 1. The second-order valence-corrected chi connectivity index (χ2v) is 7.02. The van der Waals surface area contributed by atoms with Gasteiger partial charge in [0.25, 0.3) is 5.91 Å². The number of nitrogens with zero attached hydrogens (tertiary/aromatic N) is 1. The summed E-state index contributed by atoms with van der Waals surface area (Å²) in [6.07, 6.45) is 0.404. The second kappa shape index (κ2) is 4.99. The van der Waals surface area contributed by atoms with Crippen LogP contribution in [0.3, 0.4) is 0 Å². The predicted molar refractivity (Wildman–Crippen MR) is 71.6 cm³/mol. The molecule has 1 aliphatic heterocycles. The van der Waals surface area contributed by atoms with Gasteiger partial charge in [0.2, 0.25) is 10.0 Å². The van der Waals surface area contributed by atoms with E-state index in [-0.39, 0.29) is 12.5 Å². The quantitative estimate of drug-likeness (QED) is 0.875. The maximum Gasteiger partial charge on any atom is 0.253 e. The molecule has 0 radical (unpaired) electrons. The van der Waals surface area contributed by atoms with Gasteiger partial charge in [-0.1, -0.05) is 15.9 Å². The van der Waals surface area contributed by atoms with E-state index < -0.39 is 15.3 Å². The minimum atomic E-state index is -3.56. The zero-order valence-electron chi connectivity index (χ0n) is 9.54. The topological polar surface area (TPSA) is 80.5 Å². The lowest BCUT2D eigenvalue weighted by molar-refractivity contribution is 0.0793. The van der Waals surface area contributed by atoms with E-state index in [9.17, 15) is 13.2 Å². The Balaban J connectivity index is 2.10. The fourth-order valence-electron chi connectivity index (χ4n) is 1.96. The van der Waals surface area contributed by atoms with Crippen LogP contribution in [0.1, 0.15) is 16.8 Å². The highest BCUT2D eigenvalue weighted by molar-refractivity contribution is 9.10. The molecule has 1 heterocycles. The number of hydrogen-bond acceptors (Lipinski definition) is 3. The van der Waals surface area contributed by atoms with Crippen LogP contribution in [-0.2, 0) is 10.0 Å². The largest absolute Gasteiger partial charge is 0.337 e. The van der Waals surface area contributed by atoms with Crippen LogP contribution in [0.15, 0.2) is 28.7 Å². The number of halogens is 1. The fourth-order valence-corrected chi connectivity index (χ4v) is 3.04. The highest BCUT2D eigenvalue weighted by Gasteiger charge is 2.33. The molecule has 1 saturated heterocycles. The Bertz CT molecular complexity index is 556. The third-order valence-corrected chi connectivity index (χ3v) is 4.83. The van der Waals surface area contributed by atoms with Crippen LogP contribution in [0, 0.1) is 0 Å². The molecule has 2 N–H and O–H groups in total. The lowest BCUT2D eigenvalue weighted by Crippen LogP contribution is -2.34. The summed E-state index contributed by atoms with van der Waals surface area (Å²) in [5, 5.41) is 4.45. The Hall–Kier alpha value is -0.920. The first-order valence-electron chi connectivity index (χ1n) is 5.44. The van der Waals surface area contributed by atoms with Crippen molar-refractivity contribution < 1.29 is 13.2 Å². The summed E-state index contributed by atoms with van der Waals surface area (Å²) < 4.78 is 23.3. The van der Waals surface area contributed by atoms with Crippen LogP contribution in [0.5, 0.6) is 0 Å². The number of rotatable bonds is 2. The van der Waals surface area contributed by atoms with Gasteiger partial charge in [0.05, 0.1) is 5.25 Å². The number of sulfonamides is 1. The van der Waals surface area contributed by atoms with Crippen LogP contribution in [0.25, 0.3) is 0 Å². The summed E-state index contributed by atoms with van der Waals surface area (Å²) in [7, 11) is -3.56. The molecule has 1 atom stereocenters. The van der Waals surface area contributed by atoms with Crippen LogP contribution in [0.4, 0.5) is 0 Å². The van der Waals surface area contributed by atoms with E-state index in [1.807, 2.05) is 0 Å². The number of carbonyl (C=O) groups excluding carboxylic acids is 1. The first kappa shape index (κ1) is 13.5. The minimum absolute atomic E-state index is 0.159. The number of primary sulfonamides is 1. The molecule has 1 aromatic rings. The van der Waals surface area contributed by atoms with Gasteiger partial charge in [-0.05, 0) is 30.7 Å². The summed E-state index contributed by atoms with van der Waals surface area (Å²) in [6, 6.07) is 6.97. The molecule has 5 nitrogen and oxygen atoms in total. The fraction of sp³-hybridized carbons (Fsp3) is 0.364. The lowest BCUT2D eigenvalue weighted by Gasteiger charge is -2.16. The van der Waals surface area contributed by atoms with Crippen LogP contribution in [0.2, 0.25) is 0 Å². The predicted octanol–water partition coefficient (Wildman–Crippen LogP) is 0.952. The maximum absolute atomic E-state index is 12.1. The Labute approximate surface area is 114 Å². The van der Waals surface area contributed by atoms with Crippen molar-refractivity contribution in [2.45, 2.75) is 11.7 Å². The summed E-state index contributed by atoms with van der Waals surface area (Å²) in [5.41, 5.74) is 0.549. The average Bonchev–Trinajstić information content (AvgIpc) is 2.78. The molecule has 0 bridgehead atoms. The zero-order chi connectivity index (χ0) is 13.3. The summed E-state index contributed by atoms with van der Waals surface area (Å²) in [6.45, 7) is 0.601. The van der Waals surface area contributed by atoms with Crippen molar-refractivity contribution in [1.29, 1.82) is 0 Å². The van der Waals surface area contributed by atoms with Crippen molar-refractivity contribution in [3.8, 4) is 0 Å². The number of carbonyl (C=O) groups is 1. The van der Waals surface area contributed by atoms with Gasteiger partial charge in [-0.25, -0.2) is 13.6 Å². The molecule has 98 valence electrons. The van der Waals surface area contributed by atoms with Crippen LogP contribution < -0.4 is 5.14 Å². The minimum Gasteiger partial charge on any atom is -0.337 e. The Morgan fingerprint density at radius 1 is 1.33 bits per heavy atom. The lowest BCUT2D eigenvalue weighted by atomic mass is 10.2. The van der Waals surface area contributed by atoms with E-state index in [2.05, 4.69) is 15.9 Å². The van der Waals surface area contributed by atoms with Crippen molar-refractivity contribution in [1.82, 2.24) is 4.90 Å². The van der Waals surface area contributed by atoms with Gasteiger partial charge in [-0.3, -0.25) is 4.79 Å². The second-order valence-electron chi connectivity index (χ2n) is 4.26. The van der Waals surface area contributed by atoms with Gasteiger partial charge in [0, 0.05) is 23.1 Å². The molecule has 1 aliphatic rings. The van der Waals surface area contributed by atoms with Crippen molar-refractivity contribution in [2.75, 3.05) is 13.1 Å². The Kier molecular flexibility index (Phi) is 3.74. The molecule has 0 aliphatic carbocycles. The molecule has 0 unspecified atom stereocenters. The van der Waals surface area contributed by atoms with E-state index in [1.165, 1.54) is 4.90 Å². The van der Waals surface area contributed by atoms with E-state index in [0.29, 0.717) is 18.5 Å². The number of benzene rings is 1. The summed E-state index contributed by atoms with van der Waals surface area (Å²) in [5.74, 6) is -0.159. The average molecular weight is 333 g/mol. The highest BCUT2D eigenvalue weighted by Crippen LogP contribution is 2.18. The summed E-state index contributed by atoms with van der Waals surface area (Å²) in [4.78, 5) is 13.6. The first-order chi connectivity index (χ1) is 8.38. The van der Waals surface area contributed by atoms with Crippen molar-refractivity contribution in [2.24, 2.45) is 5.14 Å². The van der Waals surface area contributed by atoms with Crippen LogP contribution >= 0.6 is 15.9 Å². The number of hydrogen-bond donors (Lipinski definition) is 1. The Morgan fingerprint density at radius 2 is 1.94 bits per heavy atom. The van der Waals surface area contributed by atoms with Crippen molar-refractivity contribution >= 4 is 31.9 Å². The standard InChI is InChI=1S/C11H13BrN2O3S/c12-9-3-1-8(2-4-9)11(15)14-6-5-10(7-14)18(13,16)17/h1-4,10H,5-7H2,(H2,13,16,17)/t10-/m1/s1. The van der Waals surface area contributed by atoms with E-state index in [4.69, 9.17) is 5.14 Å². The van der Waals surface area contributed by atoms with E-state index in [0.717, 1.165) is 4.47 Å². The molecule has 1 amide bonds. The van der Waals surface area contributed by atoms with E-state index in [1.54, 1.807) is 24.3 Å². The first-order valence-corrected chi connectivity index (χ1v) is 7.84. The zero-order valence-corrected chi connectivity index (χ0v) is 11.9. The van der Waals surface area contributed by atoms with Gasteiger partial charge in [-0.15, -0.1) is 0 Å². The third-order valence-electron chi connectivity index (χ3n) is 2.99. The molecule has 0 saturated carbocycles. The van der Waals surface area contributed by atoms with Crippen molar-refractivity contribution in [3.05, 3.63) is 34.3 Å². The molecular formula is C11H13BrN2O3S. The molecular weight excluding hydrogens is 320 g/mol. The molecule has 18 heavy (non-hydrogen) atoms. The van der Waals surface area contributed by atoms with Gasteiger partial charge < -0.3 is 4.90 Å². The van der Waals surface area contributed by atoms with Crippen LogP contribution in [-0.4, -0.2) is 37.6 Å². The number of amides is 1. The molecule has 0 aromatic heterocycles. The molecule has 2 rings (SSSR count). The van der Waals surface area contributed by atoms with Gasteiger partial charge in [-0.2, -0.15) is 0 Å². The van der Waals surface area contributed by atoms with Gasteiger partial charge in [0.15, 0.2) is 0 Å². The molecule has 0 spiro atoms. The van der Waals surface area contributed by atoms with E-state index >= 15 is 0 Å². The molecule has 1 aromatic carbocycles. The Morgan fingerprint density at radius 3 is 2.44 bits per heavy atom. The third kappa shape index (κ3) is 2.90. The molecule has 1 fully saturated rings. The van der Waals surface area contributed by atoms with Gasteiger partial charge >= 0.3 is 0 Å². The maximum atomic E-state index is 12.1. The smallest absolute Gasteiger partial charge is 0.253 e. The SMILES string of the molecule is NS(=O)(=O)[C@@H]1CCN(C(=O)c2ccc(Br)cc2)C1. The molecule has 7 heteroatoms. The monoisotopic (exact) mass is 332 g/mol. The van der Waals surface area contributed by atoms with Crippen molar-refractivity contribution in [3.63, 3.8) is 0 Å². The highest BCUT2D eigenvalue weighted by atomic mass is 79.9.